The average molecular weight is 302 g/mol. The highest BCUT2D eigenvalue weighted by Gasteiger charge is 2.15. The van der Waals surface area contributed by atoms with Crippen LogP contribution >= 0.6 is 0 Å². The maximum absolute atomic E-state index is 12.1. The Morgan fingerprint density at radius 3 is 2.59 bits per heavy atom. The number of nitrogens with zero attached hydrogens (tertiary/aromatic N) is 1. The zero-order chi connectivity index (χ0) is 15.9. The molecule has 1 aliphatic rings. The Bertz CT molecular complexity index is 520. The normalized spacial score (nSPS) is 15.4. The monoisotopic (exact) mass is 302 g/mol. The largest absolute Gasteiger partial charge is 0.345 e. The minimum absolute atomic E-state index is 0.0417. The second-order valence-corrected chi connectivity index (χ2v) is 6.37. The van der Waals surface area contributed by atoms with Crippen LogP contribution in [0.2, 0.25) is 0 Å². The van der Waals surface area contributed by atoms with Gasteiger partial charge in [0.1, 0.15) is 0 Å². The zero-order valence-electron chi connectivity index (χ0n) is 13.6. The van der Waals surface area contributed by atoms with Gasteiger partial charge in [0, 0.05) is 31.8 Å². The molecule has 0 saturated heterocycles. The molecule has 4 nitrogen and oxygen atoms in total. The van der Waals surface area contributed by atoms with Crippen molar-refractivity contribution in [3.05, 3.63) is 29.8 Å². The molecule has 0 spiro atoms. The summed E-state index contributed by atoms with van der Waals surface area (Å²) < 4.78 is 0. The fourth-order valence-corrected chi connectivity index (χ4v) is 3.02. The van der Waals surface area contributed by atoms with Gasteiger partial charge < -0.3 is 10.2 Å². The maximum Gasteiger partial charge on any atom is 0.253 e. The summed E-state index contributed by atoms with van der Waals surface area (Å²) in [5, 5.41) is 2.91. The fourth-order valence-electron chi connectivity index (χ4n) is 3.02. The minimum Gasteiger partial charge on any atom is -0.345 e. The molecule has 0 bridgehead atoms. The molecule has 1 fully saturated rings. The van der Waals surface area contributed by atoms with Crippen LogP contribution in [0, 0.1) is 5.92 Å². The lowest BCUT2D eigenvalue weighted by Gasteiger charge is -2.21. The van der Waals surface area contributed by atoms with E-state index in [0.717, 1.165) is 6.42 Å². The van der Waals surface area contributed by atoms with E-state index in [4.69, 9.17) is 0 Å². The Morgan fingerprint density at radius 2 is 1.91 bits per heavy atom. The Morgan fingerprint density at radius 1 is 1.18 bits per heavy atom. The number of hydrogen-bond donors (Lipinski definition) is 1. The van der Waals surface area contributed by atoms with E-state index in [0.29, 0.717) is 23.6 Å². The highest BCUT2D eigenvalue weighted by atomic mass is 16.2. The van der Waals surface area contributed by atoms with Gasteiger partial charge in [0.15, 0.2) is 0 Å². The van der Waals surface area contributed by atoms with Crippen LogP contribution in [-0.4, -0.2) is 30.8 Å². The molecule has 0 heterocycles. The van der Waals surface area contributed by atoms with Crippen LogP contribution in [0.25, 0.3) is 0 Å². The number of hydrogen-bond acceptors (Lipinski definition) is 2. The van der Waals surface area contributed by atoms with Gasteiger partial charge >= 0.3 is 0 Å². The lowest BCUT2D eigenvalue weighted by atomic mass is 9.86. The lowest BCUT2D eigenvalue weighted by molar-refractivity contribution is -0.116. The summed E-state index contributed by atoms with van der Waals surface area (Å²) >= 11 is 0. The fraction of sp³-hybridized carbons (Fsp3) is 0.556. The van der Waals surface area contributed by atoms with E-state index in [1.807, 2.05) is 6.07 Å². The summed E-state index contributed by atoms with van der Waals surface area (Å²) in [5.74, 6) is 0.694. The van der Waals surface area contributed by atoms with Crippen molar-refractivity contribution >= 4 is 17.5 Å². The molecular weight excluding hydrogens is 276 g/mol. The van der Waals surface area contributed by atoms with Gasteiger partial charge in [0.05, 0.1) is 0 Å². The van der Waals surface area contributed by atoms with Crippen molar-refractivity contribution in [1.29, 1.82) is 0 Å². The van der Waals surface area contributed by atoms with Crippen molar-refractivity contribution in [2.45, 2.75) is 44.9 Å². The molecule has 1 N–H and O–H groups in total. The standard InChI is InChI=1S/C18H26N2O2/c1-20(2)18(22)15-9-6-10-16(13-15)19-17(21)12-11-14-7-4-3-5-8-14/h6,9-10,13-14H,3-5,7-8,11-12H2,1-2H3,(H,19,21). The quantitative estimate of drug-likeness (QED) is 0.902. The minimum atomic E-state index is -0.0571. The Hall–Kier alpha value is -1.84. The molecule has 2 amide bonds. The number of rotatable bonds is 5. The van der Waals surface area contributed by atoms with Gasteiger partial charge in [-0.15, -0.1) is 0 Å². The molecule has 1 aromatic carbocycles. The van der Waals surface area contributed by atoms with Crippen molar-refractivity contribution in [2.24, 2.45) is 5.92 Å². The van der Waals surface area contributed by atoms with Crippen LogP contribution in [0.15, 0.2) is 24.3 Å². The molecule has 1 aliphatic carbocycles. The zero-order valence-corrected chi connectivity index (χ0v) is 13.6. The molecule has 0 atom stereocenters. The Labute approximate surface area is 132 Å². The summed E-state index contributed by atoms with van der Waals surface area (Å²) in [6.07, 6.45) is 8.02. The topological polar surface area (TPSA) is 49.4 Å². The molecule has 0 unspecified atom stereocenters. The maximum atomic E-state index is 12.1. The Kier molecular flexibility index (Phi) is 5.99. The molecule has 2 rings (SSSR count). The van der Waals surface area contributed by atoms with E-state index in [-0.39, 0.29) is 11.8 Å². The van der Waals surface area contributed by atoms with Crippen LogP contribution in [0.4, 0.5) is 5.69 Å². The number of anilines is 1. The number of nitrogens with one attached hydrogen (secondary N) is 1. The van der Waals surface area contributed by atoms with Crippen LogP contribution < -0.4 is 5.32 Å². The van der Waals surface area contributed by atoms with E-state index in [1.165, 1.54) is 37.0 Å². The summed E-state index contributed by atoms with van der Waals surface area (Å²) in [4.78, 5) is 25.5. The van der Waals surface area contributed by atoms with E-state index in [1.54, 1.807) is 32.3 Å². The third kappa shape index (κ3) is 4.86. The van der Waals surface area contributed by atoms with Crippen LogP contribution in [0.3, 0.4) is 0 Å². The molecule has 4 heteroatoms. The molecular formula is C18H26N2O2. The first kappa shape index (κ1) is 16.5. The number of carbonyl (C=O) groups is 2. The molecule has 0 aromatic heterocycles. The van der Waals surface area contributed by atoms with Gasteiger partial charge in [0.25, 0.3) is 5.91 Å². The first-order chi connectivity index (χ1) is 10.6. The smallest absolute Gasteiger partial charge is 0.253 e. The van der Waals surface area contributed by atoms with Crippen LogP contribution in [0.5, 0.6) is 0 Å². The van der Waals surface area contributed by atoms with Crippen molar-refractivity contribution in [3.8, 4) is 0 Å². The summed E-state index contributed by atoms with van der Waals surface area (Å²) in [6, 6.07) is 7.12. The number of carbonyl (C=O) groups excluding carboxylic acids is 2. The first-order valence-corrected chi connectivity index (χ1v) is 8.18. The molecule has 0 aliphatic heterocycles. The van der Waals surface area contributed by atoms with Gasteiger partial charge in [-0.25, -0.2) is 0 Å². The van der Waals surface area contributed by atoms with Crippen molar-refractivity contribution in [1.82, 2.24) is 4.90 Å². The average Bonchev–Trinajstić information content (AvgIpc) is 2.53. The second-order valence-electron chi connectivity index (χ2n) is 6.37. The summed E-state index contributed by atoms with van der Waals surface area (Å²) in [7, 11) is 3.44. The predicted molar refractivity (Wildman–Crippen MR) is 88.9 cm³/mol. The van der Waals surface area contributed by atoms with Crippen molar-refractivity contribution in [2.75, 3.05) is 19.4 Å². The van der Waals surface area contributed by atoms with Gasteiger partial charge in [0.2, 0.25) is 5.91 Å². The van der Waals surface area contributed by atoms with Crippen LogP contribution in [0.1, 0.15) is 55.3 Å². The third-order valence-electron chi connectivity index (χ3n) is 4.30. The van der Waals surface area contributed by atoms with Crippen LogP contribution in [-0.2, 0) is 4.79 Å². The van der Waals surface area contributed by atoms with E-state index in [2.05, 4.69) is 5.32 Å². The van der Waals surface area contributed by atoms with Crippen molar-refractivity contribution in [3.63, 3.8) is 0 Å². The molecule has 1 saturated carbocycles. The molecule has 1 aromatic rings. The van der Waals surface area contributed by atoms with Gasteiger partial charge in [-0.3, -0.25) is 9.59 Å². The SMILES string of the molecule is CN(C)C(=O)c1cccc(NC(=O)CCC2CCCCC2)c1. The second kappa shape index (κ2) is 7.97. The molecule has 120 valence electrons. The third-order valence-corrected chi connectivity index (χ3v) is 4.30. The van der Waals surface area contributed by atoms with E-state index >= 15 is 0 Å². The van der Waals surface area contributed by atoms with E-state index < -0.39 is 0 Å². The first-order valence-electron chi connectivity index (χ1n) is 8.18. The predicted octanol–water partition coefficient (Wildman–Crippen LogP) is 3.69. The van der Waals surface area contributed by atoms with Gasteiger partial charge in [-0.2, -0.15) is 0 Å². The van der Waals surface area contributed by atoms with Gasteiger partial charge in [-0.1, -0.05) is 38.2 Å². The van der Waals surface area contributed by atoms with E-state index in [9.17, 15) is 9.59 Å². The van der Waals surface area contributed by atoms with Crippen molar-refractivity contribution < 1.29 is 9.59 Å². The molecule has 22 heavy (non-hydrogen) atoms. The Balaban J connectivity index is 1.85. The van der Waals surface area contributed by atoms with Gasteiger partial charge in [-0.05, 0) is 30.5 Å². The lowest BCUT2D eigenvalue weighted by Crippen LogP contribution is -2.22. The number of amides is 2. The highest BCUT2D eigenvalue weighted by molar-refractivity contribution is 5.96. The molecule has 0 radical (unpaired) electrons. The number of benzene rings is 1. The summed E-state index contributed by atoms with van der Waals surface area (Å²) in [6.45, 7) is 0. The summed E-state index contributed by atoms with van der Waals surface area (Å²) in [5.41, 5.74) is 1.29. The highest BCUT2D eigenvalue weighted by Crippen LogP contribution is 2.27.